The Kier molecular flexibility index (Phi) is 12.3. The topological polar surface area (TPSA) is 65.1 Å². The third-order valence-corrected chi connectivity index (χ3v) is 4.63. The van der Waals surface area contributed by atoms with E-state index >= 15 is 0 Å². The first-order valence-electron chi connectivity index (χ1n) is 11.3. The number of benzene rings is 1. The summed E-state index contributed by atoms with van der Waals surface area (Å²) in [5, 5.41) is 4.16. The lowest BCUT2D eigenvalue weighted by Gasteiger charge is -2.04. The molecule has 0 saturated carbocycles. The maximum absolute atomic E-state index is 9.56. The molecule has 0 saturated heterocycles. The van der Waals surface area contributed by atoms with Gasteiger partial charge in [-0.3, -0.25) is 18.3 Å². The highest BCUT2D eigenvalue weighted by molar-refractivity contribution is 7.83. The van der Waals surface area contributed by atoms with Gasteiger partial charge < -0.3 is 0 Å². The first-order chi connectivity index (χ1) is 15.7. The van der Waals surface area contributed by atoms with Crippen molar-refractivity contribution in [2.45, 2.75) is 54.4 Å². The number of aromatic nitrogens is 5. The Bertz CT molecular complexity index is 1140. The predicted molar refractivity (Wildman–Crippen MR) is 141 cm³/mol. The number of aryl methyl sites for hydroxylation is 5. The third-order valence-electron chi connectivity index (χ3n) is 4.63. The lowest BCUT2D eigenvalue weighted by molar-refractivity contribution is 0.690. The van der Waals surface area contributed by atoms with Crippen LogP contribution in [0.2, 0.25) is 0 Å². The van der Waals surface area contributed by atoms with Crippen LogP contribution < -0.4 is 0 Å². The minimum absolute atomic E-state index is 0.611. The van der Waals surface area contributed by atoms with E-state index in [1.807, 2.05) is 57.0 Å². The molecule has 6 nitrogen and oxygen atoms in total. The Morgan fingerprint density at radius 3 is 2.27 bits per heavy atom. The summed E-state index contributed by atoms with van der Waals surface area (Å²) >= 11 is 0. The fraction of sp³-hybridized carbons (Fsp3) is 0.423. The second-order valence-electron chi connectivity index (χ2n) is 7.67. The van der Waals surface area contributed by atoms with Gasteiger partial charge in [-0.25, -0.2) is 4.98 Å². The molecule has 0 N–H and O–H groups in total. The number of fused-ring (bicyclic) bond motifs is 1. The van der Waals surface area contributed by atoms with Gasteiger partial charge in [0, 0.05) is 54.5 Å². The average molecular weight is 470 g/mol. The van der Waals surface area contributed by atoms with Gasteiger partial charge in [0.1, 0.15) is 0 Å². The smallest absolute Gasteiger partial charge is 0.158 e. The largest absolute Gasteiger partial charge is 0.297 e. The van der Waals surface area contributed by atoms with Crippen molar-refractivity contribution in [1.29, 1.82) is 0 Å². The van der Waals surface area contributed by atoms with Gasteiger partial charge in [0.25, 0.3) is 0 Å². The minimum Gasteiger partial charge on any atom is -0.297 e. The van der Waals surface area contributed by atoms with Crippen molar-refractivity contribution in [1.82, 2.24) is 24.1 Å². The molecule has 4 rings (SSSR count). The van der Waals surface area contributed by atoms with Gasteiger partial charge in [-0.1, -0.05) is 51.0 Å². The predicted octanol–water partition coefficient (Wildman–Crippen LogP) is 5.72. The van der Waals surface area contributed by atoms with Crippen LogP contribution >= 0.6 is 0 Å². The van der Waals surface area contributed by atoms with Crippen LogP contribution in [0.25, 0.3) is 16.9 Å². The summed E-state index contributed by atoms with van der Waals surface area (Å²) in [5.41, 5.74) is 8.22. The number of rotatable bonds is 3. The van der Waals surface area contributed by atoms with Crippen LogP contribution in [-0.4, -0.2) is 40.9 Å². The second-order valence-corrected chi connectivity index (χ2v) is 9.16. The van der Waals surface area contributed by atoms with Crippen molar-refractivity contribution in [3.8, 4) is 11.3 Å². The molecule has 180 valence electrons. The Labute approximate surface area is 201 Å². The highest BCUT2D eigenvalue weighted by atomic mass is 32.2. The molecule has 0 bridgehead atoms. The molecule has 0 radical (unpaired) electrons. The Morgan fingerprint density at radius 2 is 1.70 bits per heavy atom. The number of hydrogen-bond donors (Lipinski definition) is 0. The molecule has 0 aliphatic carbocycles. The maximum atomic E-state index is 9.56. The van der Waals surface area contributed by atoms with Gasteiger partial charge in [0.15, 0.2) is 5.65 Å². The SMILES string of the molecule is CC.CCCc1cc(C)ccc1C.CS(C)=O.Cc1nccn2c(-c3cnn(C)c3)cnc12. The molecule has 0 spiro atoms. The molecule has 0 atom stereocenters. The van der Waals surface area contributed by atoms with Gasteiger partial charge in [-0.15, -0.1) is 0 Å². The van der Waals surface area contributed by atoms with E-state index in [1.54, 1.807) is 23.4 Å². The molecule has 3 aromatic heterocycles. The molecule has 0 unspecified atom stereocenters. The van der Waals surface area contributed by atoms with Crippen molar-refractivity contribution in [2.75, 3.05) is 12.5 Å². The summed E-state index contributed by atoms with van der Waals surface area (Å²) in [6.07, 6.45) is 15.1. The van der Waals surface area contributed by atoms with Gasteiger partial charge in [0.2, 0.25) is 0 Å². The van der Waals surface area contributed by atoms with Crippen LogP contribution in [0.4, 0.5) is 0 Å². The number of imidazole rings is 1. The van der Waals surface area contributed by atoms with E-state index in [9.17, 15) is 4.21 Å². The molecule has 0 fully saturated rings. The monoisotopic (exact) mass is 469 g/mol. The van der Waals surface area contributed by atoms with Crippen molar-refractivity contribution < 1.29 is 4.21 Å². The zero-order valence-corrected chi connectivity index (χ0v) is 22.4. The first-order valence-corrected chi connectivity index (χ1v) is 13.3. The number of hydrogen-bond acceptors (Lipinski definition) is 4. The van der Waals surface area contributed by atoms with E-state index in [2.05, 4.69) is 54.0 Å². The van der Waals surface area contributed by atoms with Crippen LogP contribution in [0, 0.1) is 20.8 Å². The Balaban J connectivity index is 0.000000280. The summed E-state index contributed by atoms with van der Waals surface area (Å²) in [7, 11) is 1.29. The summed E-state index contributed by atoms with van der Waals surface area (Å²) < 4.78 is 13.4. The van der Waals surface area contributed by atoms with E-state index < -0.39 is 10.8 Å². The standard InChI is InChI=1S/C11H11N5.C11H16.C2H6OS.C2H6/c1-8-11-13-6-10(16(11)4-3-12-8)9-5-14-15(2)7-9;1-4-5-11-8-9(2)6-7-10(11)3;1-4(2)3;1-2/h3-7H,1-2H3;6-8H,4-5H2,1-3H3;1-2H3;1-2H3. The molecule has 0 amide bonds. The van der Waals surface area contributed by atoms with Crippen LogP contribution in [0.1, 0.15) is 49.6 Å². The Hall–Kier alpha value is -2.80. The van der Waals surface area contributed by atoms with E-state index in [0.29, 0.717) is 0 Å². The highest BCUT2D eigenvalue weighted by Gasteiger charge is 2.08. The van der Waals surface area contributed by atoms with Crippen LogP contribution in [0.5, 0.6) is 0 Å². The lowest BCUT2D eigenvalue weighted by Crippen LogP contribution is -1.92. The molecular weight excluding hydrogens is 430 g/mol. The van der Waals surface area contributed by atoms with Crippen molar-refractivity contribution in [3.63, 3.8) is 0 Å². The fourth-order valence-electron chi connectivity index (χ4n) is 3.16. The van der Waals surface area contributed by atoms with Crippen LogP contribution in [0.3, 0.4) is 0 Å². The first kappa shape index (κ1) is 28.2. The lowest BCUT2D eigenvalue weighted by atomic mass is 10.0. The molecule has 33 heavy (non-hydrogen) atoms. The number of nitrogens with zero attached hydrogens (tertiary/aromatic N) is 5. The van der Waals surface area contributed by atoms with Crippen LogP contribution in [0.15, 0.2) is 49.2 Å². The van der Waals surface area contributed by atoms with Gasteiger partial charge in [-0.2, -0.15) is 5.10 Å². The normalized spacial score (nSPS) is 10.0. The quantitative estimate of drug-likeness (QED) is 0.385. The van der Waals surface area contributed by atoms with Crippen molar-refractivity contribution in [3.05, 3.63) is 71.6 Å². The molecule has 0 aliphatic heterocycles. The average Bonchev–Trinajstić information content (AvgIpc) is 3.39. The molecule has 0 aliphatic rings. The van der Waals surface area contributed by atoms with E-state index in [0.717, 1.165) is 22.6 Å². The maximum Gasteiger partial charge on any atom is 0.158 e. The van der Waals surface area contributed by atoms with E-state index in [1.165, 1.54) is 29.5 Å². The molecular formula is C26H39N5OS. The fourth-order valence-corrected chi connectivity index (χ4v) is 3.16. The highest BCUT2D eigenvalue weighted by Crippen LogP contribution is 2.20. The van der Waals surface area contributed by atoms with Gasteiger partial charge in [-0.05, 0) is 38.3 Å². The van der Waals surface area contributed by atoms with Crippen molar-refractivity contribution >= 4 is 16.4 Å². The van der Waals surface area contributed by atoms with E-state index in [-0.39, 0.29) is 0 Å². The van der Waals surface area contributed by atoms with Crippen LogP contribution in [-0.2, 0) is 24.3 Å². The summed E-state index contributed by atoms with van der Waals surface area (Å²) in [5.74, 6) is 0. The zero-order valence-electron chi connectivity index (χ0n) is 21.6. The van der Waals surface area contributed by atoms with Gasteiger partial charge in [0.05, 0.1) is 23.8 Å². The molecule has 3 heterocycles. The molecule has 4 aromatic rings. The third kappa shape index (κ3) is 8.92. The second kappa shape index (κ2) is 14.4. The minimum atomic E-state index is -0.611. The van der Waals surface area contributed by atoms with Crippen molar-refractivity contribution in [2.24, 2.45) is 7.05 Å². The molecule has 1 aromatic carbocycles. The Morgan fingerprint density at radius 1 is 1.03 bits per heavy atom. The summed E-state index contributed by atoms with van der Waals surface area (Å²) in [4.78, 5) is 8.58. The van der Waals surface area contributed by atoms with Gasteiger partial charge >= 0.3 is 0 Å². The summed E-state index contributed by atoms with van der Waals surface area (Å²) in [6.45, 7) is 12.5. The van der Waals surface area contributed by atoms with E-state index in [4.69, 9.17) is 0 Å². The molecule has 7 heteroatoms. The summed E-state index contributed by atoms with van der Waals surface area (Å²) in [6, 6.07) is 6.67. The zero-order chi connectivity index (χ0) is 25.0.